The van der Waals surface area contributed by atoms with Crippen molar-refractivity contribution in [1.82, 2.24) is 0 Å². The number of hydrogen-bond acceptors (Lipinski definition) is 2. The third-order valence-corrected chi connectivity index (χ3v) is 2.14. The smallest absolute Gasteiger partial charge is 0.156 e. The minimum atomic E-state index is 0.113. The summed E-state index contributed by atoms with van der Waals surface area (Å²) in [5, 5.41) is 8.92. The Morgan fingerprint density at radius 2 is 2.50 bits per heavy atom. The Kier molecular flexibility index (Phi) is 2.63. The van der Waals surface area contributed by atoms with Gasteiger partial charge in [-0.3, -0.25) is 0 Å². The zero-order valence-electron chi connectivity index (χ0n) is 6.04. The van der Waals surface area contributed by atoms with Crippen LogP contribution in [0.5, 0.6) is 0 Å². The first kappa shape index (κ1) is 7.95. The fourth-order valence-corrected chi connectivity index (χ4v) is 1.48. The van der Waals surface area contributed by atoms with Gasteiger partial charge in [0, 0.05) is 13.0 Å². The summed E-state index contributed by atoms with van der Waals surface area (Å²) in [5.74, 6) is 0.442. The maximum atomic E-state index is 8.81. The van der Waals surface area contributed by atoms with Gasteiger partial charge in [-0.1, -0.05) is 0 Å². The first-order valence-corrected chi connectivity index (χ1v) is 3.94. The van der Waals surface area contributed by atoms with Crippen molar-refractivity contribution < 1.29 is 9.84 Å². The highest BCUT2D eigenvalue weighted by atomic mass is 32.1. The molecular weight excluding hydrogens is 148 g/mol. The molecule has 1 rings (SSSR count). The normalized spacial score (nSPS) is 32.5. The van der Waals surface area contributed by atoms with Crippen LogP contribution in [0.1, 0.15) is 19.8 Å². The second kappa shape index (κ2) is 3.30. The molecule has 10 heavy (non-hydrogen) atoms. The van der Waals surface area contributed by atoms with Crippen molar-refractivity contribution in [2.24, 2.45) is 5.92 Å². The van der Waals surface area contributed by atoms with Crippen LogP contribution in [0.2, 0.25) is 0 Å². The molecule has 0 spiro atoms. The highest BCUT2D eigenvalue weighted by Crippen LogP contribution is 2.23. The number of hydrogen-bond donors (Lipinski definition) is 1. The van der Waals surface area contributed by atoms with Gasteiger partial charge < -0.3 is 9.84 Å². The Balaban J connectivity index is 2.33. The molecule has 0 amide bonds. The molecule has 58 valence electrons. The molecule has 0 saturated carbocycles. The van der Waals surface area contributed by atoms with Crippen LogP contribution >= 0.6 is 12.2 Å². The summed E-state index contributed by atoms with van der Waals surface area (Å²) < 4.78 is 5.30. The van der Waals surface area contributed by atoms with Gasteiger partial charge in [0.15, 0.2) is 5.05 Å². The van der Waals surface area contributed by atoms with Crippen molar-refractivity contribution in [2.75, 3.05) is 6.61 Å². The fraction of sp³-hybridized carbons (Fsp3) is 0.857. The quantitative estimate of drug-likeness (QED) is 0.623. The van der Waals surface area contributed by atoms with Crippen molar-refractivity contribution in [1.29, 1.82) is 0 Å². The van der Waals surface area contributed by atoms with Gasteiger partial charge >= 0.3 is 0 Å². The van der Waals surface area contributed by atoms with Gasteiger partial charge in [-0.15, -0.1) is 0 Å². The number of thiocarbonyl (C=S) groups is 1. The molecule has 1 heterocycles. The Hall–Kier alpha value is -0.150. The van der Waals surface area contributed by atoms with Gasteiger partial charge in [0.05, 0.1) is 6.10 Å². The fourth-order valence-electron chi connectivity index (χ4n) is 1.27. The monoisotopic (exact) mass is 160 g/mol. The Labute approximate surface area is 66.2 Å². The third-order valence-electron chi connectivity index (χ3n) is 1.97. The SMILES string of the molecule is CC1OCCC1CC(O)=S. The second-order valence-electron chi connectivity index (χ2n) is 2.72. The molecule has 2 unspecified atom stereocenters. The lowest BCUT2D eigenvalue weighted by atomic mass is 9.99. The molecule has 0 aromatic carbocycles. The molecule has 1 aliphatic rings. The summed E-state index contributed by atoms with van der Waals surface area (Å²) in [6, 6.07) is 0. The molecule has 2 nitrogen and oxygen atoms in total. The van der Waals surface area contributed by atoms with Crippen LogP contribution in [-0.4, -0.2) is 22.9 Å². The van der Waals surface area contributed by atoms with E-state index >= 15 is 0 Å². The van der Waals surface area contributed by atoms with Crippen molar-refractivity contribution in [3.05, 3.63) is 0 Å². The van der Waals surface area contributed by atoms with Gasteiger partial charge in [-0.25, -0.2) is 0 Å². The third kappa shape index (κ3) is 1.92. The lowest BCUT2D eigenvalue weighted by Crippen LogP contribution is -2.14. The molecule has 0 bridgehead atoms. The highest BCUT2D eigenvalue weighted by molar-refractivity contribution is 7.80. The van der Waals surface area contributed by atoms with Gasteiger partial charge in [0.25, 0.3) is 0 Å². The first-order valence-electron chi connectivity index (χ1n) is 3.53. The number of ether oxygens (including phenoxy) is 1. The molecule has 0 aromatic heterocycles. The molecule has 1 saturated heterocycles. The van der Waals surface area contributed by atoms with E-state index in [0.717, 1.165) is 13.0 Å². The molecule has 1 N–H and O–H groups in total. The summed E-state index contributed by atoms with van der Waals surface area (Å²) >= 11 is 4.59. The topological polar surface area (TPSA) is 29.5 Å². The maximum Gasteiger partial charge on any atom is 0.156 e. The predicted octanol–water partition coefficient (Wildman–Crippen LogP) is 1.69. The summed E-state index contributed by atoms with van der Waals surface area (Å²) in [5.41, 5.74) is 0. The summed E-state index contributed by atoms with van der Waals surface area (Å²) in [7, 11) is 0. The standard InChI is InChI=1S/C7H12O2S/c1-5-6(2-3-9-5)4-7(8)10/h5-6H,2-4H2,1H3,(H,8,10). The number of rotatable bonds is 2. The molecule has 3 heteroatoms. The second-order valence-corrected chi connectivity index (χ2v) is 3.19. The zero-order chi connectivity index (χ0) is 7.56. The van der Waals surface area contributed by atoms with Gasteiger partial charge in [-0.05, 0) is 31.5 Å². The van der Waals surface area contributed by atoms with Crippen LogP contribution in [0, 0.1) is 5.92 Å². The van der Waals surface area contributed by atoms with E-state index in [1.54, 1.807) is 0 Å². The molecule has 0 aromatic rings. The van der Waals surface area contributed by atoms with E-state index in [1.807, 2.05) is 6.92 Å². The van der Waals surface area contributed by atoms with Crippen LogP contribution in [0.3, 0.4) is 0 Å². The van der Waals surface area contributed by atoms with Gasteiger partial charge in [-0.2, -0.15) is 0 Å². The van der Waals surface area contributed by atoms with E-state index in [0.29, 0.717) is 12.3 Å². The number of aliphatic hydroxyl groups is 1. The Morgan fingerprint density at radius 3 is 2.90 bits per heavy atom. The molecule has 2 atom stereocenters. The van der Waals surface area contributed by atoms with E-state index in [-0.39, 0.29) is 11.2 Å². The average molecular weight is 160 g/mol. The van der Waals surface area contributed by atoms with E-state index in [9.17, 15) is 0 Å². The Morgan fingerprint density at radius 1 is 1.80 bits per heavy atom. The summed E-state index contributed by atoms with van der Waals surface area (Å²) in [6.07, 6.45) is 1.92. The van der Waals surface area contributed by atoms with E-state index in [2.05, 4.69) is 12.2 Å². The predicted molar refractivity (Wildman–Crippen MR) is 43.4 cm³/mol. The Bertz CT molecular complexity index is 136. The average Bonchev–Trinajstić information content (AvgIpc) is 2.15. The van der Waals surface area contributed by atoms with Crippen LogP contribution in [0.4, 0.5) is 0 Å². The molecule has 0 radical (unpaired) electrons. The van der Waals surface area contributed by atoms with E-state index < -0.39 is 0 Å². The van der Waals surface area contributed by atoms with Gasteiger partial charge in [0.1, 0.15) is 0 Å². The molecule has 1 aliphatic heterocycles. The summed E-state index contributed by atoms with van der Waals surface area (Å²) in [4.78, 5) is 0. The van der Waals surface area contributed by atoms with E-state index in [1.165, 1.54) is 0 Å². The molecule has 0 aliphatic carbocycles. The van der Waals surface area contributed by atoms with Crippen molar-refractivity contribution in [3.8, 4) is 0 Å². The molecule has 1 fully saturated rings. The van der Waals surface area contributed by atoms with Crippen molar-refractivity contribution in [3.63, 3.8) is 0 Å². The van der Waals surface area contributed by atoms with Crippen LogP contribution in [-0.2, 0) is 4.74 Å². The van der Waals surface area contributed by atoms with E-state index in [4.69, 9.17) is 9.84 Å². The minimum Gasteiger partial charge on any atom is -0.502 e. The van der Waals surface area contributed by atoms with Crippen molar-refractivity contribution >= 4 is 17.3 Å². The number of aliphatic hydroxyl groups excluding tert-OH is 1. The lowest BCUT2D eigenvalue weighted by Gasteiger charge is -2.10. The van der Waals surface area contributed by atoms with Crippen LogP contribution in [0.25, 0.3) is 0 Å². The van der Waals surface area contributed by atoms with Crippen molar-refractivity contribution in [2.45, 2.75) is 25.9 Å². The highest BCUT2D eigenvalue weighted by Gasteiger charge is 2.24. The zero-order valence-corrected chi connectivity index (χ0v) is 6.86. The van der Waals surface area contributed by atoms with Crippen LogP contribution in [0.15, 0.2) is 0 Å². The maximum absolute atomic E-state index is 8.81. The van der Waals surface area contributed by atoms with Gasteiger partial charge in [0.2, 0.25) is 0 Å². The minimum absolute atomic E-state index is 0.113. The molecular formula is C7H12O2S. The largest absolute Gasteiger partial charge is 0.502 e. The summed E-state index contributed by atoms with van der Waals surface area (Å²) in [6.45, 7) is 2.84. The lowest BCUT2D eigenvalue weighted by molar-refractivity contribution is 0.106. The van der Waals surface area contributed by atoms with Crippen LogP contribution < -0.4 is 0 Å². The first-order chi connectivity index (χ1) is 4.70.